The summed E-state index contributed by atoms with van der Waals surface area (Å²) in [5.74, 6) is 2.20. The second-order valence-electron chi connectivity index (χ2n) is 5.38. The highest BCUT2D eigenvalue weighted by Gasteiger charge is 2.25. The van der Waals surface area contributed by atoms with Gasteiger partial charge in [0.15, 0.2) is 0 Å². The SMILES string of the molecule is COc1ccc2c(c1)nc(CCl)n2CCN(C)C1CC1. The maximum Gasteiger partial charge on any atom is 0.124 e. The van der Waals surface area contributed by atoms with E-state index in [0.717, 1.165) is 41.7 Å². The summed E-state index contributed by atoms with van der Waals surface area (Å²) in [6.07, 6.45) is 2.67. The van der Waals surface area contributed by atoms with E-state index in [4.69, 9.17) is 16.3 Å². The first kappa shape index (κ1) is 13.7. The van der Waals surface area contributed by atoms with E-state index < -0.39 is 0 Å². The lowest BCUT2D eigenvalue weighted by atomic mass is 10.3. The lowest BCUT2D eigenvalue weighted by molar-refractivity contribution is 0.309. The van der Waals surface area contributed by atoms with Crippen LogP contribution in [0.2, 0.25) is 0 Å². The zero-order valence-electron chi connectivity index (χ0n) is 12.0. The number of benzene rings is 1. The normalized spacial score (nSPS) is 15.2. The van der Waals surface area contributed by atoms with Gasteiger partial charge in [0.1, 0.15) is 11.6 Å². The van der Waals surface area contributed by atoms with E-state index in [1.54, 1.807) is 7.11 Å². The summed E-state index contributed by atoms with van der Waals surface area (Å²) in [4.78, 5) is 7.03. The maximum absolute atomic E-state index is 6.04. The molecule has 108 valence electrons. The molecule has 5 heteroatoms. The summed E-state index contributed by atoms with van der Waals surface area (Å²) in [5, 5.41) is 0. The van der Waals surface area contributed by atoms with Crippen LogP contribution >= 0.6 is 11.6 Å². The van der Waals surface area contributed by atoms with Crippen molar-refractivity contribution in [3.8, 4) is 5.75 Å². The Morgan fingerprint density at radius 1 is 1.45 bits per heavy atom. The van der Waals surface area contributed by atoms with E-state index in [1.807, 2.05) is 12.1 Å². The average Bonchev–Trinajstić information content (AvgIpc) is 3.26. The number of hydrogen-bond acceptors (Lipinski definition) is 3. The smallest absolute Gasteiger partial charge is 0.124 e. The van der Waals surface area contributed by atoms with Crippen LogP contribution in [0.15, 0.2) is 18.2 Å². The summed E-state index contributed by atoms with van der Waals surface area (Å²) >= 11 is 6.04. The lowest BCUT2D eigenvalue weighted by Crippen LogP contribution is -2.25. The fourth-order valence-electron chi connectivity index (χ4n) is 2.59. The first-order valence-electron chi connectivity index (χ1n) is 7.02. The van der Waals surface area contributed by atoms with E-state index in [-0.39, 0.29) is 0 Å². The number of aromatic nitrogens is 2. The van der Waals surface area contributed by atoms with Crippen LogP contribution in [0, 0.1) is 0 Å². The fraction of sp³-hybridized carbons (Fsp3) is 0.533. The Morgan fingerprint density at radius 3 is 2.90 bits per heavy atom. The van der Waals surface area contributed by atoms with E-state index >= 15 is 0 Å². The third kappa shape index (κ3) is 2.63. The molecule has 20 heavy (non-hydrogen) atoms. The summed E-state index contributed by atoms with van der Waals surface area (Å²) in [6.45, 7) is 1.96. The van der Waals surface area contributed by atoms with Crippen molar-refractivity contribution < 1.29 is 4.74 Å². The highest BCUT2D eigenvalue weighted by atomic mass is 35.5. The summed E-state index contributed by atoms with van der Waals surface area (Å²) in [6, 6.07) is 6.79. The lowest BCUT2D eigenvalue weighted by Gasteiger charge is -2.17. The van der Waals surface area contributed by atoms with Crippen LogP contribution in [-0.4, -0.2) is 41.2 Å². The molecule has 0 atom stereocenters. The molecule has 0 aliphatic heterocycles. The molecule has 0 spiro atoms. The molecule has 1 aromatic heterocycles. The number of fused-ring (bicyclic) bond motifs is 1. The molecule has 1 saturated carbocycles. The maximum atomic E-state index is 6.04. The van der Waals surface area contributed by atoms with E-state index in [2.05, 4.69) is 27.6 Å². The number of hydrogen-bond donors (Lipinski definition) is 0. The number of halogens is 1. The van der Waals surface area contributed by atoms with Crippen molar-refractivity contribution in [3.05, 3.63) is 24.0 Å². The Hall–Kier alpha value is -1.26. The number of rotatable bonds is 6. The number of ether oxygens (including phenoxy) is 1. The van der Waals surface area contributed by atoms with Crippen LogP contribution in [0.5, 0.6) is 5.75 Å². The minimum absolute atomic E-state index is 0.435. The van der Waals surface area contributed by atoms with Crippen LogP contribution in [-0.2, 0) is 12.4 Å². The molecular weight excluding hydrogens is 274 g/mol. The van der Waals surface area contributed by atoms with Gasteiger partial charge in [0, 0.05) is 25.2 Å². The summed E-state index contributed by atoms with van der Waals surface area (Å²) in [5.41, 5.74) is 2.08. The molecule has 0 bridgehead atoms. The predicted octanol–water partition coefficient (Wildman–Crippen LogP) is 2.88. The number of nitrogens with zero attached hydrogens (tertiary/aromatic N) is 3. The first-order valence-corrected chi connectivity index (χ1v) is 7.55. The fourth-order valence-corrected chi connectivity index (χ4v) is 2.80. The Morgan fingerprint density at radius 2 is 2.25 bits per heavy atom. The van der Waals surface area contributed by atoms with Gasteiger partial charge in [-0.2, -0.15) is 0 Å². The minimum Gasteiger partial charge on any atom is -0.497 e. The van der Waals surface area contributed by atoms with Crippen molar-refractivity contribution in [1.29, 1.82) is 0 Å². The summed E-state index contributed by atoms with van der Waals surface area (Å²) < 4.78 is 7.48. The molecule has 3 rings (SSSR count). The van der Waals surface area contributed by atoms with Gasteiger partial charge in [-0.05, 0) is 32.0 Å². The molecule has 1 aliphatic carbocycles. The molecule has 4 nitrogen and oxygen atoms in total. The van der Waals surface area contributed by atoms with E-state index in [1.165, 1.54) is 12.8 Å². The highest BCUT2D eigenvalue weighted by molar-refractivity contribution is 6.16. The van der Waals surface area contributed by atoms with Crippen molar-refractivity contribution in [1.82, 2.24) is 14.5 Å². The minimum atomic E-state index is 0.435. The molecule has 0 radical (unpaired) electrons. The van der Waals surface area contributed by atoms with Gasteiger partial charge in [0.2, 0.25) is 0 Å². The molecule has 0 N–H and O–H groups in total. The highest BCUT2D eigenvalue weighted by Crippen LogP contribution is 2.26. The molecule has 1 aliphatic rings. The van der Waals surface area contributed by atoms with Gasteiger partial charge in [0.05, 0.1) is 24.0 Å². The predicted molar refractivity (Wildman–Crippen MR) is 81.5 cm³/mol. The molecular formula is C15H20ClN3O. The number of likely N-dealkylation sites (N-methyl/N-ethyl adjacent to an activating group) is 1. The van der Waals surface area contributed by atoms with Gasteiger partial charge >= 0.3 is 0 Å². The zero-order chi connectivity index (χ0) is 14.1. The third-order valence-electron chi connectivity index (χ3n) is 4.00. The van der Waals surface area contributed by atoms with Crippen LogP contribution in [0.3, 0.4) is 0 Å². The Labute approximate surface area is 124 Å². The second-order valence-corrected chi connectivity index (χ2v) is 5.65. The summed E-state index contributed by atoms with van der Waals surface area (Å²) in [7, 11) is 3.87. The molecule has 1 fully saturated rings. The molecule has 0 saturated heterocycles. The van der Waals surface area contributed by atoms with Gasteiger partial charge in [-0.25, -0.2) is 4.98 Å². The molecule has 1 heterocycles. The van der Waals surface area contributed by atoms with Crippen molar-refractivity contribution in [2.75, 3.05) is 20.7 Å². The van der Waals surface area contributed by atoms with Crippen LogP contribution in [0.25, 0.3) is 11.0 Å². The van der Waals surface area contributed by atoms with Gasteiger partial charge in [-0.1, -0.05) is 0 Å². The Bertz CT molecular complexity index is 606. The Balaban J connectivity index is 1.86. The Kier molecular flexibility index (Phi) is 3.85. The van der Waals surface area contributed by atoms with Crippen molar-refractivity contribution >= 4 is 22.6 Å². The van der Waals surface area contributed by atoms with Crippen molar-refractivity contribution in [2.24, 2.45) is 0 Å². The number of methoxy groups -OCH3 is 1. The molecule has 2 aromatic rings. The van der Waals surface area contributed by atoms with Gasteiger partial charge in [0.25, 0.3) is 0 Å². The second kappa shape index (κ2) is 5.62. The largest absolute Gasteiger partial charge is 0.497 e. The average molecular weight is 294 g/mol. The molecule has 1 aromatic carbocycles. The van der Waals surface area contributed by atoms with Crippen molar-refractivity contribution in [3.63, 3.8) is 0 Å². The van der Waals surface area contributed by atoms with Crippen LogP contribution in [0.1, 0.15) is 18.7 Å². The van der Waals surface area contributed by atoms with Crippen LogP contribution in [0.4, 0.5) is 0 Å². The van der Waals surface area contributed by atoms with E-state index in [0.29, 0.717) is 5.88 Å². The number of imidazole rings is 1. The quantitative estimate of drug-likeness (QED) is 0.767. The monoisotopic (exact) mass is 293 g/mol. The molecule has 0 unspecified atom stereocenters. The molecule has 0 amide bonds. The van der Waals surface area contributed by atoms with E-state index in [9.17, 15) is 0 Å². The van der Waals surface area contributed by atoms with Gasteiger partial charge in [-0.3, -0.25) is 0 Å². The van der Waals surface area contributed by atoms with Crippen molar-refractivity contribution in [2.45, 2.75) is 31.3 Å². The zero-order valence-corrected chi connectivity index (χ0v) is 12.7. The topological polar surface area (TPSA) is 30.3 Å². The number of alkyl halides is 1. The third-order valence-corrected chi connectivity index (χ3v) is 4.24. The van der Waals surface area contributed by atoms with Gasteiger partial charge < -0.3 is 14.2 Å². The van der Waals surface area contributed by atoms with Gasteiger partial charge in [-0.15, -0.1) is 11.6 Å². The first-order chi connectivity index (χ1) is 9.72. The standard InChI is InChI=1S/C15H20ClN3O/c1-18(11-3-4-11)7-8-19-14-6-5-12(20-2)9-13(14)17-15(19)10-16/h5-6,9,11H,3-4,7-8,10H2,1-2H3. The van der Waals surface area contributed by atoms with Crippen LogP contribution < -0.4 is 4.74 Å².